The highest BCUT2D eigenvalue weighted by atomic mass is 35.5. The molecule has 0 saturated carbocycles. The van der Waals surface area contributed by atoms with E-state index in [-0.39, 0.29) is 10.8 Å². The van der Waals surface area contributed by atoms with Gasteiger partial charge in [-0.2, -0.15) is 5.10 Å². The summed E-state index contributed by atoms with van der Waals surface area (Å²) in [7, 11) is 0. The number of esters is 1. The van der Waals surface area contributed by atoms with Gasteiger partial charge in [-0.25, -0.2) is 14.5 Å². The van der Waals surface area contributed by atoms with E-state index in [1.165, 1.54) is 25.3 Å². The highest BCUT2D eigenvalue weighted by Gasteiger charge is 2.19. The minimum Gasteiger partial charge on any atom is -0.449 e. The molecule has 0 aliphatic carbocycles. The van der Waals surface area contributed by atoms with Gasteiger partial charge in [0.05, 0.1) is 20.6 Å². The Bertz CT molecular complexity index is 1340. The van der Waals surface area contributed by atoms with E-state index in [0.29, 0.717) is 5.02 Å². The van der Waals surface area contributed by atoms with Crippen LogP contribution in [0.3, 0.4) is 0 Å². The van der Waals surface area contributed by atoms with E-state index in [0.717, 1.165) is 21.8 Å². The van der Waals surface area contributed by atoms with E-state index >= 15 is 0 Å². The number of hydrogen-bond donors (Lipinski definition) is 1. The van der Waals surface area contributed by atoms with E-state index in [4.69, 9.17) is 27.9 Å². The number of carbonyl (C=O) groups is 2. The second-order valence-corrected chi connectivity index (χ2v) is 8.87. The van der Waals surface area contributed by atoms with Crippen molar-refractivity contribution in [1.82, 2.24) is 14.8 Å². The van der Waals surface area contributed by atoms with Crippen LogP contribution in [0.2, 0.25) is 10.0 Å². The summed E-state index contributed by atoms with van der Waals surface area (Å²) in [5, 5.41) is 9.67. The summed E-state index contributed by atoms with van der Waals surface area (Å²) < 4.78 is 6.98. The fourth-order valence-corrected chi connectivity index (χ4v) is 4.14. The molecule has 4 rings (SSSR count). The van der Waals surface area contributed by atoms with Gasteiger partial charge < -0.3 is 10.1 Å². The largest absolute Gasteiger partial charge is 0.449 e. The van der Waals surface area contributed by atoms with Crippen LogP contribution in [0.1, 0.15) is 12.5 Å². The Labute approximate surface area is 209 Å². The van der Waals surface area contributed by atoms with Crippen LogP contribution >= 0.6 is 34.5 Å². The molecule has 0 aliphatic rings. The second kappa shape index (κ2) is 10.6. The number of pyridine rings is 1. The molecule has 10 heteroatoms. The highest BCUT2D eigenvalue weighted by molar-refractivity contribution is 7.13. The minimum absolute atomic E-state index is 0.128. The number of hydrogen-bond acceptors (Lipinski definition) is 6. The fourth-order valence-electron chi connectivity index (χ4n) is 2.98. The van der Waals surface area contributed by atoms with Gasteiger partial charge in [0.15, 0.2) is 11.9 Å². The summed E-state index contributed by atoms with van der Waals surface area (Å²) in [6.45, 7) is 1.45. The van der Waals surface area contributed by atoms with Gasteiger partial charge in [0.2, 0.25) is 0 Å². The normalized spacial score (nSPS) is 12.0. The molecule has 0 saturated heterocycles. The Morgan fingerprint density at radius 1 is 1.18 bits per heavy atom. The predicted octanol–water partition coefficient (Wildman–Crippen LogP) is 5.89. The van der Waals surface area contributed by atoms with Gasteiger partial charge in [0.1, 0.15) is 5.69 Å². The Morgan fingerprint density at radius 2 is 1.97 bits per heavy atom. The molecule has 172 valence electrons. The Morgan fingerprint density at radius 3 is 2.68 bits per heavy atom. The van der Waals surface area contributed by atoms with Crippen molar-refractivity contribution in [3.8, 4) is 16.3 Å². The van der Waals surface area contributed by atoms with Gasteiger partial charge in [0.25, 0.3) is 5.91 Å². The summed E-state index contributed by atoms with van der Waals surface area (Å²) in [5.74, 6) is -1.12. The van der Waals surface area contributed by atoms with E-state index in [2.05, 4.69) is 15.4 Å². The van der Waals surface area contributed by atoms with Gasteiger partial charge in [-0.3, -0.25) is 4.79 Å². The van der Waals surface area contributed by atoms with Crippen molar-refractivity contribution >= 4 is 58.3 Å². The maximum Gasteiger partial charge on any atom is 0.331 e. The van der Waals surface area contributed by atoms with E-state index in [9.17, 15) is 9.59 Å². The molecular formula is C24H18Cl2N4O3S. The molecule has 4 aromatic rings. The first-order chi connectivity index (χ1) is 16.4. The number of carbonyl (C=O) groups excluding carboxylic acids is 2. The molecule has 3 heterocycles. The summed E-state index contributed by atoms with van der Waals surface area (Å²) in [6, 6.07) is 15.0. The lowest BCUT2D eigenvalue weighted by atomic mass is 10.2. The molecular weight excluding hydrogens is 495 g/mol. The standard InChI is InChI=1S/C24H18Cl2N4O3S/c1-15(24(32)28-23-19(26)12-17(25)13-27-23)33-21(31)10-9-16-14-30(18-6-3-2-4-7-18)29-22(16)20-8-5-11-34-20/h2-15H,1H3,(H,27,28,32). The number of amides is 1. The monoisotopic (exact) mass is 512 g/mol. The molecule has 0 aliphatic heterocycles. The zero-order valence-electron chi connectivity index (χ0n) is 17.8. The van der Waals surface area contributed by atoms with Crippen LogP contribution in [0.5, 0.6) is 0 Å². The van der Waals surface area contributed by atoms with E-state index in [1.807, 2.05) is 54.0 Å². The Balaban J connectivity index is 1.47. The van der Waals surface area contributed by atoms with Crippen molar-refractivity contribution in [2.75, 3.05) is 5.32 Å². The first-order valence-electron chi connectivity index (χ1n) is 10.1. The molecule has 34 heavy (non-hydrogen) atoms. The third-order valence-electron chi connectivity index (χ3n) is 4.63. The molecule has 0 spiro atoms. The number of aromatic nitrogens is 3. The van der Waals surface area contributed by atoms with Crippen molar-refractivity contribution in [3.63, 3.8) is 0 Å². The van der Waals surface area contributed by atoms with Crippen LogP contribution in [0.4, 0.5) is 5.82 Å². The summed E-state index contributed by atoms with van der Waals surface area (Å²) >= 11 is 13.4. The number of nitrogens with one attached hydrogen (secondary N) is 1. The predicted molar refractivity (Wildman–Crippen MR) is 134 cm³/mol. The number of thiophene rings is 1. The van der Waals surface area contributed by atoms with Crippen LogP contribution in [0, 0.1) is 0 Å². The molecule has 1 unspecified atom stereocenters. The average molecular weight is 513 g/mol. The van der Waals surface area contributed by atoms with Crippen LogP contribution in [-0.4, -0.2) is 32.7 Å². The van der Waals surface area contributed by atoms with Crippen molar-refractivity contribution in [2.24, 2.45) is 0 Å². The van der Waals surface area contributed by atoms with Gasteiger partial charge >= 0.3 is 5.97 Å². The number of anilines is 1. The lowest BCUT2D eigenvalue weighted by molar-refractivity contribution is -0.148. The van der Waals surface area contributed by atoms with Crippen LogP contribution < -0.4 is 5.32 Å². The first kappa shape index (κ1) is 23.7. The number of nitrogens with zero attached hydrogens (tertiary/aromatic N) is 3. The molecule has 7 nitrogen and oxygen atoms in total. The highest BCUT2D eigenvalue weighted by Crippen LogP contribution is 2.28. The summed E-state index contributed by atoms with van der Waals surface area (Å²) in [5.41, 5.74) is 2.36. The van der Waals surface area contributed by atoms with Crippen molar-refractivity contribution in [2.45, 2.75) is 13.0 Å². The topological polar surface area (TPSA) is 86.1 Å². The Kier molecular flexibility index (Phi) is 7.42. The maximum absolute atomic E-state index is 12.4. The SMILES string of the molecule is CC(OC(=O)C=Cc1cn(-c2ccccc2)nc1-c1cccs1)C(=O)Nc1ncc(Cl)cc1Cl. The molecule has 1 N–H and O–H groups in total. The van der Waals surface area contributed by atoms with Crippen LogP contribution in [0.25, 0.3) is 22.3 Å². The van der Waals surface area contributed by atoms with E-state index < -0.39 is 18.0 Å². The van der Waals surface area contributed by atoms with Crippen molar-refractivity contribution in [3.05, 3.63) is 88.0 Å². The van der Waals surface area contributed by atoms with E-state index in [1.54, 1.807) is 22.1 Å². The quantitative estimate of drug-likeness (QED) is 0.246. The molecule has 1 aromatic carbocycles. The third kappa shape index (κ3) is 5.72. The summed E-state index contributed by atoms with van der Waals surface area (Å²) in [6.07, 6.45) is 4.99. The number of ether oxygens (including phenoxy) is 1. The lowest BCUT2D eigenvalue weighted by Gasteiger charge is -2.12. The number of para-hydroxylation sites is 1. The Hall–Kier alpha value is -3.46. The fraction of sp³-hybridized carbons (Fsp3) is 0.0833. The van der Waals surface area contributed by atoms with Crippen LogP contribution in [0.15, 0.2) is 72.4 Å². The van der Waals surface area contributed by atoms with Gasteiger partial charge in [0, 0.05) is 24.0 Å². The number of halogens is 2. The minimum atomic E-state index is -1.07. The maximum atomic E-state index is 12.4. The molecule has 0 radical (unpaired) electrons. The smallest absolute Gasteiger partial charge is 0.331 e. The van der Waals surface area contributed by atoms with Gasteiger partial charge in [-0.05, 0) is 42.6 Å². The van der Waals surface area contributed by atoms with Crippen molar-refractivity contribution < 1.29 is 14.3 Å². The number of benzene rings is 1. The molecule has 1 atom stereocenters. The second-order valence-electron chi connectivity index (χ2n) is 7.08. The first-order valence-corrected chi connectivity index (χ1v) is 11.7. The molecule has 0 fully saturated rings. The average Bonchev–Trinajstić information content (AvgIpc) is 3.50. The molecule has 0 bridgehead atoms. The number of rotatable bonds is 7. The molecule has 1 amide bonds. The van der Waals surface area contributed by atoms with Gasteiger partial charge in [-0.1, -0.05) is 47.5 Å². The third-order valence-corrected chi connectivity index (χ3v) is 6.00. The van der Waals surface area contributed by atoms with Crippen LogP contribution in [-0.2, 0) is 14.3 Å². The zero-order valence-corrected chi connectivity index (χ0v) is 20.1. The summed E-state index contributed by atoms with van der Waals surface area (Å²) in [4.78, 5) is 29.7. The van der Waals surface area contributed by atoms with Gasteiger partial charge in [-0.15, -0.1) is 11.3 Å². The van der Waals surface area contributed by atoms with Crippen molar-refractivity contribution in [1.29, 1.82) is 0 Å². The zero-order chi connectivity index (χ0) is 24.1. The lowest BCUT2D eigenvalue weighted by Crippen LogP contribution is -2.29. The molecule has 3 aromatic heterocycles.